The van der Waals surface area contributed by atoms with Gasteiger partial charge in [0.05, 0.1) is 31.5 Å². The van der Waals surface area contributed by atoms with Gasteiger partial charge in [0.15, 0.2) is 0 Å². The van der Waals surface area contributed by atoms with Gasteiger partial charge in [-0.2, -0.15) is 0 Å². The highest BCUT2D eigenvalue weighted by atomic mass is 16.5. The third-order valence-electron chi connectivity index (χ3n) is 5.86. The van der Waals surface area contributed by atoms with E-state index in [4.69, 9.17) is 14.2 Å². The van der Waals surface area contributed by atoms with Crippen molar-refractivity contribution in [2.24, 2.45) is 0 Å². The van der Waals surface area contributed by atoms with Crippen LogP contribution in [0.25, 0.3) is 0 Å². The van der Waals surface area contributed by atoms with Crippen molar-refractivity contribution in [2.45, 2.75) is 50.5 Å². The predicted octanol–water partition coefficient (Wildman–Crippen LogP) is 1.45. The summed E-state index contributed by atoms with van der Waals surface area (Å²) in [5.74, 6) is 0.0383. The Kier molecular flexibility index (Phi) is 7.03. The van der Waals surface area contributed by atoms with Crippen molar-refractivity contribution in [3.63, 3.8) is 0 Å². The molecular weight excluding hydrogens is 386 g/mol. The summed E-state index contributed by atoms with van der Waals surface area (Å²) in [6.07, 6.45) is 5.09. The Labute approximate surface area is 176 Å². The van der Waals surface area contributed by atoms with Crippen molar-refractivity contribution in [3.8, 4) is 0 Å². The minimum Gasteiger partial charge on any atom is -0.376 e. The highest BCUT2D eigenvalue weighted by Crippen LogP contribution is 2.36. The fourth-order valence-corrected chi connectivity index (χ4v) is 4.17. The van der Waals surface area contributed by atoms with Crippen molar-refractivity contribution in [1.82, 2.24) is 25.1 Å². The van der Waals surface area contributed by atoms with Crippen LogP contribution in [0.5, 0.6) is 0 Å². The number of likely N-dealkylation sites (tertiary alicyclic amines) is 1. The minimum absolute atomic E-state index is 0.0383. The molecule has 0 N–H and O–H groups in total. The lowest BCUT2D eigenvalue weighted by Gasteiger charge is -2.46. The highest BCUT2D eigenvalue weighted by Gasteiger charge is 2.41. The zero-order chi connectivity index (χ0) is 20.7. The highest BCUT2D eigenvalue weighted by molar-refractivity contribution is 5.76. The predicted molar refractivity (Wildman–Crippen MR) is 107 cm³/mol. The smallest absolute Gasteiger partial charge is 0.244 e. The van der Waals surface area contributed by atoms with Gasteiger partial charge in [-0.3, -0.25) is 4.79 Å². The van der Waals surface area contributed by atoms with Gasteiger partial charge in [-0.05, 0) is 35.3 Å². The summed E-state index contributed by atoms with van der Waals surface area (Å²) in [6, 6.07) is 10.1. The van der Waals surface area contributed by atoms with E-state index in [0.29, 0.717) is 39.5 Å². The molecule has 1 aromatic carbocycles. The van der Waals surface area contributed by atoms with Gasteiger partial charge >= 0.3 is 0 Å². The second kappa shape index (κ2) is 10.1. The molecule has 2 aromatic rings. The number of hydrogen-bond donors (Lipinski definition) is 0. The lowest BCUT2D eigenvalue weighted by atomic mass is 9.83. The Balaban J connectivity index is 1.16. The molecule has 1 amide bonds. The van der Waals surface area contributed by atoms with E-state index < -0.39 is 0 Å². The fraction of sp³-hybridized carbons (Fsp3) is 0.619. The third kappa shape index (κ3) is 5.62. The SMILES string of the molecule is O=C(Cn1cnnn1)N1CCC2(CC1)CC(OCCOCc1ccccc1)CCO2. The van der Waals surface area contributed by atoms with E-state index in [1.165, 1.54) is 16.6 Å². The van der Waals surface area contributed by atoms with E-state index in [-0.39, 0.29) is 24.2 Å². The Bertz CT molecular complexity index is 778. The van der Waals surface area contributed by atoms with E-state index in [2.05, 4.69) is 27.7 Å². The number of carbonyl (C=O) groups excluding carboxylic acids is 1. The first-order valence-corrected chi connectivity index (χ1v) is 10.6. The van der Waals surface area contributed by atoms with Crippen molar-refractivity contribution < 1.29 is 19.0 Å². The standard InChI is InChI=1S/C21H29N5O4/c27-20(15-26-17-22-23-24-26)25-9-7-21(8-10-25)14-19(6-11-30-21)29-13-12-28-16-18-4-2-1-3-5-18/h1-5,17,19H,6-16H2. The topological polar surface area (TPSA) is 91.6 Å². The van der Waals surface area contributed by atoms with Crippen LogP contribution in [0.2, 0.25) is 0 Å². The van der Waals surface area contributed by atoms with Gasteiger partial charge in [0.25, 0.3) is 0 Å². The Morgan fingerprint density at radius 3 is 2.80 bits per heavy atom. The molecule has 3 heterocycles. The Morgan fingerprint density at radius 2 is 2.03 bits per heavy atom. The molecule has 0 radical (unpaired) electrons. The summed E-state index contributed by atoms with van der Waals surface area (Å²) >= 11 is 0. The molecule has 9 heteroatoms. The number of hydrogen-bond acceptors (Lipinski definition) is 7. The normalized spacial score (nSPS) is 21.1. The van der Waals surface area contributed by atoms with Gasteiger partial charge in [-0.15, -0.1) is 5.10 Å². The molecule has 162 valence electrons. The van der Waals surface area contributed by atoms with Gasteiger partial charge < -0.3 is 19.1 Å². The molecule has 0 saturated carbocycles. The van der Waals surface area contributed by atoms with Crippen LogP contribution in [0.15, 0.2) is 36.7 Å². The number of rotatable bonds is 8. The van der Waals surface area contributed by atoms with Gasteiger partial charge in [0, 0.05) is 26.1 Å². The first-order valence-electron chi connectivity index (χ1n) is 10.6. The lowest BCUT2D eigenvalue weighted by molar-refractivity contribution is -0.163. The molecule has 2 fully saturated rings. The van der Waals surface area contributed by atoms with Crippen LogP contribution in [0.3, 0.4) is 0 Å². The zero-order valence-electron chi connectivity index (χ0n) is 17.2. The maximum absolute atomic E-state index is 12.4. The molecule has 4 rings (SSSR count). The second-order valence-corrected chi connectivity index (χ2v) is 7.94. The van der Waals surface area contributed by atoms with Crippen LogP contribution in [-0.2, 0) is 32.2 Å². The Hall–Kier alpha value is -2.36. The quantitative estimate of drug-likeness (QED) is 0.603. The zero-order valence-corrected chi connectivity index (χ0v) is 17.2. The molecule has 1 unspecified atom stereocenters. The van der Waals surface area contributed by atoms with E-state index in [1.807, 2.05) is 23.1 Å². The first kappa shape index (κ1) is 20.9. The molecule has 1 aromatic heterocycles. The average molecular weight is 415 g/mol. The van der Waals surface area contributed by atoms with Crippen LogP contribution < -0.4 is 0 Å². The van der Waals surface area contributed by atoms with E-state index >= 15 is 0 Å². The number of nitrogens with zero attached hydrogens (tertiary/aromatic N) is 5. The average Bonchev–Trinajstić information content (AvgIpc) is 3.28. The molecule has 0 aliphatic carbocycles. The van der Waals surface area contributed by atoms with Crippen LogP contribution in [0.1, 0.15) is 31.2 Å². The van der Waals surface area contributed by atoms with Crippen molar-refractivity contribution in [1.29, 1.82) is 0 Å². The van der Waals surface area contributed by atoms with Crippen LogP contribution >= 0.6 is 0 Å². The summed E-state index contributed by atoms with van der Waals surface area (Å²) in [5.41, 5.74) is 0.989. The number of amides is 1. The number of tetrazole rings is 1. The maximum Gasteiger partial charge on any atom is 0.244 e. The lowest BCUT2D eigenvalue weighted by Crippen LogP contribution is -2.52. The molecule has 0 bridgehead atoms. The largest absolute Gasteiger partial charge is 0.376 e. The number of ether oxygens (including phenoxy) is 3. The van der Waals surface area contributed by atoms with E-state index in [0.717, 1.165) is 25.7 Å². The van der Waals surface area contributed by atoms with Crippen molar-refractivity contribution >= 4 is 5.91 Å². The molecule has 1 spiro atoms. The minimum atomic E-state index is -0.181. The summed E-state index contributed by atoms with van der Waals surface area (Å²) < 4.78 is 19.4. The molecule has 2 saturated heterocycles. The summed E-state index contributed by atoms with van der Waals surface area (Å²) in [5, 5.41) is 10.9. The van der Waals surface area contributed by atoms with E-state index in [9.17, 15) is 4.79 Å². The van der Waals surface area contributed by atoms with E-state index in [1.54, 1.807) is 0 Å². The maximum atomic E-state index is 12.4. The summed E-state index contributed by atoms with van der Waals surface area (Å²) in [7, 11) is 0. The molecule has 9 nitrogen and oxygen atoms in total. The second-order valence-electron chi connectivity index (χ2n) is 7.94. The number of aromatic nitrogens is 4. The monoisotopic (exact) mass is 415 g/mol. The van der Waals surface area contributed by atoms with Crippen LogP contribution in [0.4, 0.5) is 0 Å². The van der Waals surface area contributed by atoms with Gasteiger partial charge in [-0.25, -0.2) is 4.68 Å². The van der Waals surface area contributed by atoms with Gasteiger partial charge in [0.1, 0.15) is 12.9 Å². The number of benzene rings is 1. The first-order chi connectivity index (χ1) is 14.7. The molecule has 30 heavy (non-hydrogen) atoms. The van der Waals surface area contributed by atoms with Gasteiger partial charge in [0.2, 0.25) is 5.91 Å². The van der Waals surface area contributed by atoms with Crippen LogP contribution in [0, 0.1) is 0 Å². The van der Waals surface area contributed by atoms with Crippen molar-refractivity contribution in [3.05, 3.63) is 42.2 Å². The fourth-order valence-electron chi connectivity index (χ4n) is 4.17. The molecule has 2 aliphatic rings. The molecule has 1 atom stereocenters. The molecule has 2 aliphatic heterocycles. The summed E-state index contributed by atoms with van der Waals surface area (Å²) in [6.45, 7) is 4.03. The number of carbonyl (C=O) groups is 1. The van der Waals surface area contributed by atoms with Crippen LogP contribution in [-0.4, -0.2) is 75.6 Å². The van der Waals surface area contributed by atoms with Crippen molar-refractivity contribution in [2.75, 3.05) is 32.9 Å². The third-order valence-corrected chi connectivity index (χ3v) is 5.86. The Morgan fingerprint density at radius 1 is 1.20 bits per heavy atom. The summed E-state index contributed by atoms with van der Waals surface area (Å²) in [4.78, 5) is 14.3. The van der Waals surface area contributed by atoms with Gasteiger partial charge in [-0.1, -0.05) is 30.3 Å². The molecular formula is C21H29N5O4. The number of piperidine rings is 1.